The average molecular weight is 393 g/mol. The maximum atomic E-state index is 12.6. The molecule has 3 rings (SSSR count). The number of sulfonamides is 1. The van der Waals surface area contributed by atoms with Crippen LogP contribution in [0, 0.1) is 19.8 Å². The predicted molar refractivity (Wildman–Crippen MR) is 103 cm³/mol. The molecule has 2 aromatic rings. The lowest BCUT2D eigenvalue weighted by Crippen LogP contribution is -2.31. The molecule has 26 heavy (non-hydrogen) atoms. The molecule has 1 saturated heterocycles. The van der Waals surface area contributed by atoms with Crippen molar-refractivity contribution in [2.75, 3.05) is 18.0 Å². The summed E-state index contributed by atoms with van der Waals surface area (Å²) in [6.07, 6.45) is 0.317. The Labute approximate surface area is 159 Å². The third kappa shape index (κ3) is 4.09. The van der Waals surface area contributed by atoms with Gasteiger partial charge in [-0.25, -0.2) is 13.1 Å². The van der Waals surface area contributed by atoms with Gasteiger partial charge in [-0.1, -0.05) is 23.7 Å². The van der Waals surface area contributed by atoms with E-state index >= 15 is 0 Å². The maximum Gasteiger partial charge on any atom is 0.240 e. The van der Waals surface area contributed by atoms with Crippen LogP contribution in [0.2, 0.25) is 5.02 Å². The predicted octanol–water partition coefficient (Wildman–Crippen LogP) is 3.29. The van der Waals surface area contributed by atoms with Gasteiger partial charge in [0.15, 0.2) is 0 Å². The minimum atomic E-state index is -3.60. The number of amides is 1. The monoisotopic (exact) mass is 392 g/mol. The van der Waals surface area contributed by atoms with Crippen LogP contribution in [-0.2, 0) is 14.8 Å². The van der Waals surface area contributed by atoms with Gasteiger partial charge in [-0.15, -0.1) is 0 Å². The Morgan fingerprint density at radius 1 is 1.15 bits per heavy atom. The molecule has 1 heterocycles. The molecule has 0 aliphatic carbocycles. The zero-order chi connectivity index (χ0) is 18.9. The second-order valence-corrected chi connectivity index (χ2v) is 8.84. The lowest BCUT2D eigenvalue weighted by Gasteiger charge is -2.17. The molecule has 0 aromatic heterocycles. The number of hydrogen-bond acceptors (Lipinski definition) is 3. The van der Waals surface area contributed by atoms with Gasteiger partial charge in [0.25, 0.3) is 0 Å². The molecular weight excluding hydrogens is 372 g/mol. The Bertz CT molecular complexity index is 926. The largest absolute Gasteiger partial charge is 0.312 e. The van der Waals surface area contributed by atoms with Gasteiger partial charge in [-0.3, -0.25) is 4.79 Å². The van der Waals surface area contributed by atoms with E-state index in [9.17, 15) is 13.2 Å². The highest BCUT2D eigenvalue weighted by molar-refractivity contribution is 7.89. The van der Waals surface area contributed by atoms with Crippen molar-refractivity contribution in [2.45, 2.75) is 25.2 Å². The summed E-state index contributed by atoms with van der Waals surface area (Å²) in [7, 11) is -3.60. The van der Waals surface area contributed by atoms with Crippen LogP contribution in [-0.4, -0.2) is 27.4 Å². The van der Waals surface area contributed by atoms with Crippen molar-refractivity contribution >= 4 is 33.2 Å². The van der Waals surface area contributed by atoms with Crippen molar-refractivity contribution in [3.05, 3.63) is 58.6 Å². The highest BCUT2D eigenvalue weighted by atomic mass is 35.5. The summed E-state index contributed by atoms with van der Waals surface area (Å²) < 4.78 is 27.9. The van der Waals surface area contributed by atoms with Crippen molar-refractivity contribution in [1.82, 2.24) is 4.72 Å². The molecule has 1 aliphatic rings. The fraction of sp³-hybridized carbons (Fsp3) is 0.316. The Morgan fingerprint density at radius 3 is 2.54 bits per heavy atom. The van der Waals surface area contributed by atoms with E-state index in [1.54, 1.807) is 48.2 Å². The highest BCUT2D eigenvalue weighted by Crippen LogP contribution is 2.26. The zero-order valence-corrected chi connectivity index (χ0v) is 16.3. The van der Waals surface area contributed by atoms with E-state index < -0.39 is 10.0 Å². The first-order valence-electron chi connectivity index (χ1n) is 8.39. The number of hydrogen-bond donors (Lipinski definition) is 1. The molecular formula is C19H21ClN2O3S. The van der Waals surface area contributed by atoms with Crippen LogP contribution in [0.15, 0.2) is 47.4 Å². The fourth-order valence-electron chi connectivity index (χ4n) is 3.09. The second-order valence-electron chi connectivity index (χ2n) is 6.67. The quantitative estimate of drug-likeness (QED) is 0.849. The third-order valence-electron chi connectivity index (χ3n) is 4.54. The fourth-order valence-corrected chi connectivity index (χ4v) is 4.66. The lowest BCUT2D eigenvalue weighted by molar-refractivity contribution is -0.117. The van der Waals surface area contributed by atoms with Crippen LogP contribution < -0.4 is 9.62 Å². The van der Waals surface area contributed by atoms with Gasteiger partial charge in [-0.2, -0.15) is 0 Å². The molecule has 1 unspecified atom stereocenters. The van der Waals surface area contributed by atoms with E-state index in [-0.39, 0.29) is 23.3 Å². The van der Waals surface area contributed by atoms with Crippen molar-refractivity contribution in [2.24, 2.45) is 5.92 Å². The summed E-state index contributed by atoms with van der Waals surface area (Å²) in [5.41, 5.74) is 2.37. The highest BCUT2D eigenvalue weighted by Gasteiger charge is 2.31. The number of rotatable bonds is 5. The second kappa shape index (κ2) is 7.39. The number of nitrogens with zero attached hydrogens (tertiary/aromatic N) is 1. The van der Waals surface area contributed by atoms with Gasteiger partial charge >= 0.3 is 0 Å². The molecule has 1 aliphatic heterocycles. The number of carbonyl (C=O) groups excluding carboxylic acids is 1. The van der Waals surface area contributed by atoms with Gasteiger partial charge in [0, 0.05) is 30.2 Å². The van der Waals surface area contributed by atoms with Crippen molar-refractivity contribution in [1.29, 1.82) is 0 Å². The van der Waals surface area contributed by atoms with Gasteiger partial charge in [-0.05, 0) is 61.2 Å². The molecule has 138 valence electrons. The molecule has 2 aromatic carbocycles. The van der Waals surface area contributed by atoms with Crippen LogP contribution in [0.5, 0.6) is 0 Å². The van der Waals surface area contributed by atoms with Crippen LogP contribution in [0.3, 0.4) is 0 Å². The van der Waals surface area contributed by atoms with Crippen LogP contribution in [0.4, 0.5) is 5.69 Å². The summed E-state index contributed by atoms with van der Waals surface area (Å²) >= 11 is 5.89. The first kappa shape index (κ1) is 18.9. The smallest absolute Gasteiger partial charge is 0.240 e. The number of nitrogens with one attached hydrogen (secondary N) is 1. The average Bonchev–Trinajstić information content (AvgIpc) is 2.97. The number of benzene rings is 2. The topological polar surface area (TPSA) is 66.5 Å². The normalized spacial score (nSPS) is 17.7. The first-order chi connectivity index (χ1) is 12.3. The summed E-state index contributed by atoms with van der Waals surface area (Å²) in [5.74, 6) is -0.0821. The molecule has 1 fully saturated rings. The molecule has 5 nitrogen and oxygen atoms in total. The Kier molecular flexibility index (Phi) is 5.37. The Morgan fingerprint density at radius 2 is 1.85 bits per heavy atom. The molecule has 1 N–H and O–H groups in total. The van der Waals surface area contributed by atoms with E-state index in [1.165, 1.54) is 0 Å². The molecule has 0 spiro atoms. The molecule has 0 bridgehead atoms. The summed E-state index contributed by atoms with van der Waals surface area (Å²) in [4.78, 5) is 14.2. The van der Waals surface area contributed by atoms with Crippen molar-refractivity contribution in [3.8, 4) is 0 Å². The molecule has 1 atom stereocenters. The molecule has 0 saturated carbocycles. The van der Waals surface area contributed by atoms with E-state index in [1.807, 2.05) is 13.0 Å². The van der Waals surface area contributed by atoms with Crippen LogP contribution in [0.25, 0.3) is 0 Å². The zero-order valence-electron chi connectivity index (χ0n) is 14.7. The molecule has 7 heteroatoms. The van der Waals surface area contributed by atoms with E-state index in [4.69, 9.17) is 11.6 Å². The van der Waals surface area contributed by atoms with Gasteiger partial charge in [0.05, 0.1) is 4.90 Å². The summed E-state index contributed by atoms with van der Waals surface area (Å²) in [6, 6.07) is 12.4. The van der Waals surface area contributed by atoms with Gasteiger partial charge < -0.3 is 4.90 Å². The Hall–Kier alpha value is -1.89. The van der Waals surface area contributed by atoms with Crippen molar-refractivity contribution in [3.63, 3.8) is 0 Å². The summed E-state index contributed by atoms with van der Waals surface area (Å²) in [6.45, 7) is 4.34. The third-order valence-corrected chi connectivity index (χ3v) is 6.36. The van der Waals surface area contributed by atoms with E-state index in [0.717, 1.165) is 11.3 Å². The van der Waals surface area contributed by atoms with Gasteiger partial charge in [0.2, 0.25) is 15.9 Å². The lowest BCUT2D eigenvalue weighted by atomic mass is 10.1. The van der Waals surface area contributed by atoms with Gasteiger partial charge in [0.1, 0.15) is 0 Å². The standard InChI is InChI=1S/C19H21ClN2O3S/c1-13-3-4-14(2)18(9-13)26(24,25)21-11-15-10-19(23)22(12-15)17-7-5-16(20)6-8-17/h3-9,15,21H,10-12H2,1-2H3. The first-order valence-corrected chi connectivity index (χ1v) is 10.3. The molecule has 1 amide bonds. The number of carbonyl (C=O) groups is 1. The summed E-state index contributed by atoms with van der Waals surface area (Å²) in [5, 5.41) is 0.609. The SMILES string of the molecule is Cc1ccc(C)c(S(=O)(=O)NCC2CC(=O)N(c3ccc(Cl)cc3)C2)c1. The number of halogens is 1. The number of anilines is 1. The number of aryl methyl sites for hydroxylation is 2. The van der Waals surface area contributed by atoms with Crippen LogP contribution in [0.1, 0.15) is 17.5 Å². The van der Waals surface area contributed by atoms with Crippen molar-refractivity contribution < 1.29 is 13.2 Å². The maximum absolute atomic E-state index is 12.6. The van der Waals surface area contributed by atoms with Crippen LogP contribution >= 0.6 is 11.6 Å². The minimum Gasteiger partial charge on any atom is -0.312 e. The Balaban J connectivity index is 1.68. The van der Waals surface area contributed by atoms with E-state index in [0.29, 0.717) is 23.6 Å². The minimum absolute atomic E-state index is 0.0109. The molecule has 0 radical (unpaired) electrons. The van der Waals surface area contributed by atoms with E-state index in [2.05, 4.69) is 4.72 Å².